The molecule has 0 aliphatic carbocycles. The third-order valence-electron chi connectivity index (χ3n) is 8.43. The van der Waals surface area contributed by atoms with Crippen LogP contribution >= 0.6 is 0 Å². The van der Waals surface area contributed by atoms with Crippen molar-refractivity contribution in [3.63, 3.8) is 0 Å². The lowest BCUT2D eigenvalue weighted by Gasteiger charge is -2.38. The van der Waals surface area contributed by atoms with Gasteiger partial charge in [-0.1, -0.05) is 50.1 Å². The number of nitrogens with one attached hydrogen (secondary N) is 1. The molecule has 0 saturated carbocycles. The van der Waals surface area contributed by atoms with Gasteiger partial charge in [0.2, 0.25) is 33.7 Å². The lowest BCUT2D eigenvalue weighted by Crippen LogP contribution is -2.56. The highest BCUT2D eigenvalue weighted by Gasteiger charge is 2.42. The Morgan fingerprint density at radius 1 is 1.06 bits per heavy atom. The normalized spacial score (nSPS) is 18.2. The predicted molar refractivity (Wildman–Crippen MR) is 175 cm³/mol. The summed E-state index contributed by atoms with van der Waals surface area (Å²) in [5, 5.41) is 2.59. The lowest BCUT2D eigenvalue weighted by atomic mass is 9.95. The Balaban J connectivity index is 1.80. The van der Waals surface area contributed by atoms with Gasteiger partial charge in [-0.25, -0.2) is 8.42 Å². The molecule has 2 aliphatic heterocycles. The summed E-state index contributed by atoms with van der Waals surface area (Å²) < 4.78 is 32.7. The van der Waals surface area contributed by atoms with Crippen LogP contribution in [0.2, 0.25) is 0 Å². The summed E-state index contributed by atoms with van der Waals surface area (Å²) in [5.74, 6) is -2.81. The van der Waals surface area contributed by atoms with Gasteiger partial charge in [0.15, 0.2) is 6.61 Å². The average molecular weight is 677 g/mol. The molecule has 2 fully saturated rings. The van der Waals surface area contributed by atoms with Crippen molar-refractivity contribution in [2.45, 2.75) is 83.7 Å². The highest BCUT2D eigenvalue weighted by molar-refractivity contribution is 7.88. The van der Waals surface area contributed by atoms with E-state index in [2.05, 4.69) is 10.3 Å². The van der Waals surface area contributed by atoms with E-state index in [9.17, 15) is 32.4 Å². The third kappa shape index (κ3) is 11.7. The maximum Gasteiger partial charge on any atom is 0.303 e. The second-order valence-electron chi connectivity index (χ2n) is 12.2. The Kier molecular flexibility index (Phi) is 14.3. The summed E-state index contributed by atoms with van der Waals surface area (Å²) in [4.78, 5) is 69.8. The first-order chi connectivity index (χ1) is 22.3. The van der Waals surface area contributed by atoms with Crippen LogP contribution < -0.4 is 11.1 Å². The zero-order valence-corrected chi connectivity index (χ0v) is 28.4. The molecular formula is C32H48N6O8S. The maximum absolute atomic E-state index is 14.0. The summed E-state index contributed by atoms with van der Waals surface area (Å²) in [7, 11) is -3.89. The summed E-state index contributed by atoms with van der Waals surface area (Å²) in [6.45, 7) is 3.76. The monoisotopic (exact) mass is 676 g/mol. The molecule has 3 N–H and O–H groups in total. The molecule has 4 amide bonds. The number of likely N-dealkylation sites (tertiary alicyclic amines) is 2. The number of aliphatic imine (C=N–C) groups is 1. The van der Waals surface area contributed by atoms with Crippen molar-refractivity contribution in [1.82, 2.24) is 19.4 Å². The highest BCUT2D eigenvalue weighted by Crippen LogP contribution is 2.26. The minimum absolute atomic E-state index is 0.0609. The van der Waals surface area contributed by atoms with Crippen molar-refractivity contribution in [2.75, 3.05) is 39.0 Å². The van der Waals surface area contributed by atoms with Crippen molar-refractivity contribution in [3.8, 4) is 0 Å². The lowest BCUT2D eigenvalue weighted by molar-refractivity contribution is -0.146. The Morgan fingerprint density at radius 2 is 1.74 bits per heavy atom. The van der Waals surface area contributed by atoms with Gasteiger partial charge in [-0.2, -0.15) is 9.30 Å². The fourth-order valence-electron chi connectivity index (χ4n) is 5.95. The van der Waals surface area contributed by atoms with Crippen LogP contribution in [0.4, 0.5) is 0 Å². The van der Waals surface area contributed by atoms with Crippen LogP contribution in [0.25, 0.3) is 0 Å². The van der Waals surface area contributed by atoms with E-state index in [0.717, 1.165) is 24.7 Å². The molecule has 2 saturated heterocycles. The van der Waals surface area contributed by atoms with E-state index in [1.165, 1.54) is 16.1 Å². The Morgan fingerprint density at radius 3 is 2.34 bits per heavy atom. The molecule has 3 rings (SSSR count). The SMILES string of the molecule is CCCCCC(=O)N=C(NC(=O)COC(C)=O)N1CCC(CN([C@H](Cc2ccccc2)C(=O)N2CCC[C@H]2C(N)=O)S(C)(=O)=O)CC1. The van der Waals surface area contributed by atoms with Crippen LogP contribution in [-0.4, -0.2) is 109 Å². The van der Waals surface area contributed by atoms with Crippen LogP contribution in [0.15, 0.2) is 35.3 Å². The van der Waals surface area contributed by atoms with Gasteiger partial charge in [-0.05, 0) is 50.0 Å². The number of unbranched alkanes of at least 4 members (excludes halogenated alkanes) is 2. The summed E-state index contributed by atoms with van der Waals surface area (Å²) in [6.07, 6.45) is 5.88. The summed E-state index contributed by atoms with van der Waals surface area (Å²) in [6, 6.07) is 7.26. The van der Waals surface area contributed by atoms with E-state index in [1.54, 1.807) is 4.90 Å². The van der Waals surface area contributed by atoms with E-state index in [1.807, 2.05) is 37.3 Å². The number of nitrogens with zero attached hydrogens (tertiary/aromatic N) is 4. The molecule has 14 nitrogen and oxygen atoms in total. The van der Waals surface area contributed by atoms with Crippen LogP contribution in [-0.2, 0) is 45.2 Å². The van der Waals surface area contributed by atoms with E-state index in [0.29, 0.717) is 51.7 Å². The van der Waals surface area contributed by atoms with E-state index < -0.39 is 52.4 Å². The molecule has 2 aliphatic rings. The number of hydrogen-bond acceptors (Lipinski definition) is 8. The van der Waals surface area contributed by atoms with Gasteiger partial charge in [0, 0.05) is 39.5 Å². The number of amides is 4. The Hall–Kier alpha value is -3.85. The van der Waals surface area contributed by atoms with E-state index in [-0.39, 0.29) is 37.2 Å². The highest BCUT2D eigenvalue weighted by atomic mass is 32.2. The number of esters is 1. The number of carbonyl (C=O) groups is 5. The second-order valence-corrected chi connectivity index (χ2v) is 14.1. The fourth-order valence-corrected chi connectivity index (χ4v) is 7.06. The third-order valence-corrected chi connectivity index (χ3v) is 9.69. The van der Waals surface area contributed by atoms with Crippen molar-refractivity contribution < 1.29 is 37.1 Å². The first-order valence-electron chi connectivity index (χ1n) is 16.2. The van der Waals surface area contributed by atoms with Gasteiger partial charge < -0.3 is 20.3 Å². The topological polar surface area (TPSA) is 189 Å². The van der Waals surface area contributed by atoms with Gasteiger partial charge in [0.05, 0.1) is 6.26 Å². The molecule has 0 bridgehead atoms. The molecule has 0 unspecified atom stereocenters. The van der Waals surface area contributed by atoms with Crippen molar-refractivity contribution in [1.29, 1.82) is 0 Å². The van der Waals surface area contributed by atoms with Crippen LogP contribution in [0.5, 0.6) is 0 Å². The number of guanidine groups is 1. The van der Waals surface area contributed by atoms with Gasteiger partial charge >= 0.3 is 5.97 Å². The quantitative estimate of drug-likeness (QED) is 0.126. The van der Waals surface area contributed by atoms with Crippen molar-refractivity contribution >= 4 is 45.6 Å². The standard InChI is InChI=1S/C32H48N6O8S/c1-4-5-7-14-28(40)34-32(35-29(41)22-46-23(2)39)36-18-15-25(16-19-36)21-38(47(3,44)45)27(20-24-11-8-6-9-12-24)31(43)37-17-10-13-26(37)30(33)42/h6,8-9,11-12,25-27H,4-5,7,10,13-22H2,1-3H3,(H2,33,42)(H,34,35,40,41)/t26-,27+/m0/s1. The number of rotatable bonds is 14. The Bertz CT molecular complexity index is 1400. The van der Waals surface area contributed by atoms with Crippen LogP contribution in [0.1, 0.15) is 70.8 Å². The second kappa shape index (κ2) is 17.9. The van der Waals surface area contributed by atoms with Crippen molar-refractivity contribution in [2.24, 2.45) is 16.6 Å². The van der Waals surface area contributed by atoms with Gasteiger partial charge in [-0.15, -0.1) is 0 Å². The number of hydrogen-bond donors (Lipinski definition) is 2. The first kappa shape index (κ1) is 37.6. The molecule has 15 heteroatoms. The average Bonchev–Trinajstić information content (AvgIpc) is 3.52. The molecule has 0 radical (unpaired) electrons. The summed E-state index contributed by atoms with van der Waals surface area (Å²) in [5.41, 5.74) is 6.38. The zero-order valence-electron chi connectivity index (χ0n) is 27.6. The van der Waals surface area contributed by atoms with E-state index in [4.69, 9.17) is 10.5 Å². The molecule has 47 heavy (non-hydrogen) atoms. The van der Waals surface area contributed by atoms with Crippen LogP contribution in [0, 0.1) is 5.92 Å². The zero-order chi connectivity index (χ0) is 34.6. The van der Waals surface area contributed by atoms with Gasteiger partial charge in [0.1, 0.15) is 12.1 Å². The first-order valence-corrected chi connectivity index (χ1v) is 18.0. The number of primary amides is 1. The number of nitrogens with two attached hydrogens (primary N) is 1. The van der Waals surface area contributed by atoms with Crippen molar-refractivity contribution in [3.05, 3.63) is 35.9 Å². The Labute approximate surface area is 277 Å². The van der Waals surface area contributed by atoms with Gasteiger partial charge in [0.25, 0.3) is 5.91 Å². The molecule has 260 valence electrons. The minimum Gasteiger partial charge on any atom is -0.456 e. The maximum atomic E-state index is 14.0. The number of ether oxygens (including phenoxy) is 1. The molecule has 1 aromatic rings. The fraction of sp³-hybridized carbons (Fsp3) is 0.625. The number of piperidine rings is 1. The summed E-state index contributed by atoms with van der Waals surface area (Å²) >= 11 is 0. The predicted octanol–water partition coefficient (Wildman–Crippen LogP) is 1.19. The van der Waals surface area contributed by atoms with Gasteiger partial charge in [-0.3, -0.25) is 29.3 Å². The molecular weight excluding hydrogens is 628 g/mol. The minimum atomic E-state index is -3.89. The van der Waals surface area contributed by atoms with Crippen LogP contribution in [0.3, 0.4) is 0 Å². The van der Waals surface area contributed by atoms with E-state index >= 15 is 0 Å². The largest absolute Gasteiger partial charge is 0.456 e. The number of carbonyl (C=O) groups excluding carboxylic acids is 5. The molecule has 0 spiro atoms. The molecule has 2 heterocycles. The smallest absolute Gasteiger partial charge is 0.303 e. The molecule has 2 atom stereocenters. The molecule has 0 aromatic heterocycles. The number of sulfonamides is 1. The number of benzene rings is 1. The molecule has 1 aromatic carbocycles.